The number of aryl methyl sites for hydroxylation is 1. The van der Waals surface area contributed by atoms with Crippen LogP contribution >= 0.6 is 0 Å². The van der Waals surface area contributed by atoms with Crippen molar-refractivity contribution in [3.63, 3.8) is 0 Å². The van der Waals surface area contributed by atoms with Gasteiger partial charge in [-0.2, -0.15) is 4.72 Å². The summed E-state index contributed by atoms with van der Waals surface area (Å²) in [6.07, 6.45) is 0. The van der Waals surface area contributed by atoms with Crippen LogP contribution in [0.2, 0.25) is 0 Å². The van der Waals surface area contributed by atoms with Crippen LogP contribution < -0.4 is 10.0 Å². The van der Waals surface area contributed by atoms with E-state index in [-0.39, 0.29) is 16.6 Å². The van der Waals surface area contributed by atoms with Gasteiger partial charge < -0.3 is 10.4 Å². The maximum absolute atomic E-state index is 12.5. The fourth-order valence-corrected chi connectivity index (χ4v) is 3.59. The van der Waals surface area contributed by atoms with Gasteiger partial charge in [0.25, 0.3) is 0 Å². The topological polar surface area (TPSA) is 95.5 Å². The lowest BCUT2D eigenvalue weighted by Crippen LogP contribution is -2.47. The number of nitrogens with one attached hydrogen (secondary N) is 2. The van der Waals surface area contributed by atoms with Crippen molar-refractivity contribution in [3.05, 3.63) is 54.1 Å². The van der Waals surface area contributed by atoms with E-state index in [4.69, 9.17) is 0 Å². The molecule has 2 aromatic rings. The van der Waals surface area contributed by atoms with Crippen LogP contribution in [0.15, 0.2) is 53.4 Å². The number of carbonyl (C=O) groups is 1. The SMILES string of the molecule is Cc1ccc(S(=O)(=O)N[C@@H](C(=O)Nc2cccc(O)c2)C(C)C)cc1. The van der Waals surface area contributed by atoms with Crippen LogP contribution in [-0.2, 0) is 14.8 Å². The van der Waals surface area contributed by atoms with Crippen molar-refractivity contribution in [2.75, 3.05) is 5.32 Å². The van der Waals surface area contributed by atoms with E-state index < -0.39 is 22.0 Å². The molecule has 0 heterocycles. The van der Waals surface area contributed by atoms with Crippen molar-refractivity contribution in [1.82, 2.24) is 4.72 Å². The molecule has 1 atom stereocenters. The summed E-state index contributed by atoms with van der Waals surface area (Å²) in [4.78, 5) is 12.6. The van der Waals surface area contributed by atoms with Crippen molar-refractivity contribution < 1.29 is 18.3 Å². The van der Waals surface area contributed by atoms with Gasteiger partial charge in [0.2, 0.25) is 15.9 Å². The Bertz CT molecular complexity index is 846. The van der Waals surface area contributed by atoms with Gasteiger partial charge in [-0.15, -0.1) is 0 Å². The van der Waals surface area contributed by atoms with E-state index in [1.807, 2.05) is 6.92 Å². The summed E-state index contributed by atoms with van der Waals surface area (Å²) in [6, 6.07) is 11.5. The van der Waals surface area contributed by atoms with Gasteiger partial charge in [-0.05, 0) is 37.1 Å². The van der Waals surface area contributed by atoms with Crippen molar-refractivity contribution in [2.24, 2.45) is 5.92 Å². The lowest BCUT2D eigenvalue weighted by molar-refractivity contribution is -0.118. The molecule has 0 spiro atoms. The molecule has 0 aliphatic heterocycles. The van der Waals surface area contributed by atoms with Crippen LogP contribution in [0.1, 0.15) is 19.4 Å². The molecular weight excluding hydrogens is 340 g/mol. The van der Waals surface area contributed by atoms with Crippen LogP contribution in [0.25, 0.3) is 0 Å². The second kappa shape index (κ2) is 7.67. The molecule has 0 aromatic heterocycles. The predicted molar refractivity (Wildman–Crippen MR) is 96.9 cm³/mol. The fraction of sp³-hybridized carbons (Fsp3) is 0.278. The highest BCUT2D eigenvalue weighted by Crippen LogP contribution is 2.18. The van der Waals surface area contributed by atoms with E-state index in [1.54, 1.807) is 38.1 Å². The Hall–Kier alpha value is -2.38. The number of phenolic OH excluding ortho intramolecular Hbond substituents is 1. The van der Waals surface area contributed by atoms with Gasteiger partial charge >= 0.3 is 0 Å². The number of phenols is 1. The maximum atomic E-state index is 12.5. The molecule has 0 bridgehead atoms. The van der Waals surface area contributed by atoms with Crippen LogP contribution in [0.3, 0.4) is 0 Å². The standard InChI is InChI=1S/C18H22N2O4S/c1-12(2)17(18(22)19-14-5-4-6-15(21)11-14)20-25(23,24)16-9-7-13(3)8-10-16/h4-12,17,20-21H,1-3H3,(H,19,22)/t17-/m1/s1. The molecule has 0 radical (unpaired) electrons. The average molecular weight is 362 g/mol. The van der Waals surface area contributed by atoms with Gasteiger partial charge in [0.15, 0.2) is 0 Å². The summed E-state index contributed by atoms with van der Waals surface area (Å²) in [5.41, 5.74) is 1.34. The highest BCUT2D eigenvalue weighted by atomic mass is 32.2. The summed E-state index contributed by atoms with van der Waals surface area (Å²) in [5.74, 6) is -0.743. The third-order valence-corrected chi connectivity index (χ3v) is 5.13. The van der Waals surface area contributed by atoms with Gasteiger partial charge in [0, 0.05) is 11.8 Å². The largest absolute Gasteiger partial charge is 0.508 e. The Labute approximate surface area is 147 Å². The number of aromatic hydroxyl groups is 1. The third kappa shape index (κ3) is 5.04. The molecule has 0 aliphatic rings. The maximum Gasteiger partial charge on any atom is 0.242 e. The highest BCUT2D eigenvalue weighted by Gasteiger charge is 2.28. The molecule has 1 amide bonds. The average Bonchev–Trinajstić information content (AvgIpc) is 2.52. The van der Waals surface area contributed by atoms with Crippen LogP contribution in [0.4, 0.5) is 5.69 Å². The molecule has 2 rings (SSSR count). The normalized spacial score (nSPS) is 12.8. The molecule has 25 heavy (non-hydrogen) atoms. The summed E-state index contributed by atoms with van der Waals surface area (Å²) in [5, 5.41) is 12.1. The molecule has 0 saturated carbocycles. The minimum Gasteiger partial charge on any atom is -0.508 e. The molecule has 3 N–H and O–H groups in total. The molecular formula is C18H22N2O4S. The molecule has 134 valence electrons. The predicted octanol–water partition coefficient (Wildman–Crippen LogP) is 2.64. The number of anilines is 1. The molecule has 0 aliphatic carbocycles. The van der Waals surface area contributed by atoms with Gasteiger partial charge in [0.1, 0.15) is 11.8 Å². The van der Waals surface area contributed by atoms with E-state index in [0.717, 1.165) is 5.56 Å². The summed E-state index contributed by atoms with van der Waals surface area (Å²) in [6.45, 7) is 5.37. The monoisotopic (exact) mass is 362 g/mol. The zero-order valence-electron chi connectivity index (χ0n) is 14.4. The van der Waals surface area contributed by atoms with Crippen molar-refractivity contribution in [3.8, 4) is 5.75 Å². The van der Waals surface area contributed by atoms with E-state index in [0.29, 0.717) is 5.69 Å². The summed E-state index contributed by atoms with van der Waals surface area (Å²) >= 11 is 0. The van der Waals surface area contributed by atoms with Crippen LogP contribution in [-0.4, -0.2) is 25.5 Å². The number of sulfonamides is 1. The van der Waals surface area contributed by atoms with Gasteiger partial charge in [-0.25, -0.2) is 8.42 Å². The highest BCUT2D eigenvalue weighted by molar-refractivity contribution is 7.89. The summed E-state index contributed by atoms with van der Waals surface area (Å²) < 4.78 is 27.5. The Kier molecular flexibility index (Phi) is 5.81. The first-order valence-electron chi connectivity index (χ1n) is 7.88. The van der Waals surface area contributed by atoms with Crippen LogP contribution in [0.5, 0.6) is 5.75 Å². The van der Waals surface area contributed by atoms with Gasteiger partial charge in [-0.1, -0.05) is 37.6 Å². The second-order valence-electron chi connectivity index (χ2n) is 6.20. The third-order valence-electron chi connectivity index (χ3n) is 3.68. The second-order valence-corrected chi connectivity index (χ2v) is 7.91. The smallest absolute Gasteiger partial charge is 0.242 e. The summed E-state index contributed by atoms with van der Waals surface area (Å²) in [7, 11) is -3.83. The lowest BCUT2D eigenvalue weighted by atomic mass is 10.0. The molecule has 2 aromatic carbocycles. The molecule has 7 heteroatoms. The van der Waals surface area contributed by atoms with Crippen molar-refractivity contribution in [1.29, 1.82) is 0 Å². The zero-order chi connectivity index (χ0) is 18.6. The van der Waals surface area contributed by atoms with E-state index in [9.17, 15) is 18.3 Å². The molecule has 0 fully saturated rings. The number of rotatable bonds is 6. The molecule has 6 nitrogen and oxygen atoms in total. The Morgan fingerprint density at radius 2 is 1.72 bits per heavy atom. The first kappa shape index (κ1) is 19.0. The number of benzene rings is 2. The first-order valence-corrected chi connectivity index (χ1v) is 9.36. The molecule has 0 unspecified atom stereocenters. The van der Waals surface area contributed by atoms with E-state index in [1.165, 1.54) is 24.3 Å². The van der Waals surface area contributed by atoms with E-state index in [2.05, 4.69) is 10.0 Å². The minimum atomic E-state index is -3.83. The van der Waals surface area contributed by atoms with Crippen molar-refractivity contribution >= 4 is 21.6 Å². The Morgan fingerprint density at radius 3 is 2.28 bits per heavy atom. The van der Waals surface area contributed by atoms with E-state index >= 15 is 0 Å². The number of hydrogen-bond acceptors (Lipinski definition) is 4. The number of carbonyl (C=O) groups excluding carboxylic acids is 1. The van der Waals surface area contributed by atoms with Gasteiger partial charge in [-0.3, -0.25) is 4.79 Å². The number of amides is 1. The quantitative estimate of drug-likeness (QED) is 0.736. The van der Waals surface area contributed by atoms with Crippen molar-refractivity contribution in [2.45, 2.75) is 31.7 Å². The minimum absolute atomic E-state index is 0.0131. The zero-order valence-corrected chi connectivity index (χ0v) is 15.2. The van der Waals surface area contributed by atoms with Crippen LogP contribution in [0, 0.1) is 12.8 Å². The Balaban J connectivity index is 2.19. The number of hydrogen-bond donors (Lipinski definition) is 3. The lowest BCUT2D eigenvalue weighted by Gasteiger charge is -2.21. The first-order chi connectivity index (χ1) is 11.7. The van der Waals surface area contributed by atoms with Gasteiger partial charge in [0.05, 0.1) is 4.90 Å². The molecule has 0 saturated heterocycles. The fourth-order valence-electron chi connectivity index (χ4n) is 2.25. The Morgan fingerprint density at radius 1 is 1.08 bits per heavy atom.